The van der Waals surface area contributed by atoms with Gasteiger partial charge >= 0.3 is 25.7 Å². The molecule has 0 saturated heterocycles. The average molecular weight is 1060 g/mol. The molecule has 0 bridgehead atoms. The quantitative estimate of drug-likeness (QED) is 0.0197. The van der Waals surface area contributed by atoms with Crippen LogP contribution in [0.3, 0.4) is 0 Å². The van der Waals surface area contributed by atoms with E-state index in [0.29, 0.717) is 19.3 Å². The molecule has 3 unspecified atom stereocenters. The summed E-state index contributed by atoms with van der Waals surface area (Å²) in [6, 6.07) is 0. The molecule has 424 valence electrons. The summed E-state index contributed by atoms with van der Waals surface area (Å²) < 4.78 is 39.5. The topological polar surface area (TPSA) is 155 Å². The van der Waals surface area contributed by atoms with Crippen molar-refractivity contribution in [3.8, 4) is 0 Å². The lowest BCUT2D eigenvalue weighted by Crippen LogP contribution is -2.30. The number of allylic oxidation sites excluding steroid dienone is 16. The van der Waals surface area contributed by atoms with Gasteiger partial charge in [-0.15, -0.1) is 0 Å². The maximum absolute atomic E-state index is 12.9. The molecule has 74 heavy (non-hydrogen) atoms. The van der Waals surface area contributed by atoms with Gasteiger partial charge in [-0.1, -0.05) is 201 Å². The number of rotatable bonds is 53. The SMILES string of the molecule is CC/C=C\C/C=C\C/C=C\C/C=C\CCCCC(=O)OC(COC(=O)CCCCCCCCC/C=C\C/C=C\C/C=C\CC)COP(=O)(O)OCC(CO)OC(=O)CCCCCCC/C=C\CCCCCCCC. The molecule has 0 aromatic rings. The van der Waals surface area contributed by atoms with Gasteiger partial charge in [-0.3, -0.25) is 23.4 Å². The number of phosphoric ester groups is 1. The molecule has 0 rings (SSSR count). The van der Waals surface area contributed by atoms with E-state index in [1.807, 2.05) is 0 Å². The van der Waals surface area contributed by atoms with Crippen molar-refractivity contribution in [3.63, 3.8) is 0 Å². The van der Waals surface area contributed by atoms with E-state index >= 15 is 0 Å². The Bertz CT molecular complexity index is 1610. The van der Waals surface area contributed by atoms with Crippen LogP contribution in [0.25, 0.3) is 0 Å². The molecule has 2 N–H and O–H groups in total. The number of aliphatic hydroxyl groups is 1. The minimum atomic E-state index is -4.77. The summed E-state index contributed by atoms with van der Waals surface area (Å²) >= 11 is 0. The standard InChI is InChI=1S/C62H105O11P/c1-4-7-10-13-16-19-22-25-28-29-32-33-36-39-42-45-48-51-60(64)69-55-59(73-62(66)53-50-47-44-41-38-35-31-27-24-21-18-15-12-9-6-3)57-71-74(67,68)70-56-58(54-63)72-61(65)52-49-46-43-40-37-34-30-26-23-20-17-14-11-8-5-2/h7,9-10,12,16,18-19,21,25-28,30-31,38,41,58-59,63H,4-6,8,11,13-15,17,20,22-24,29,32-37,39-40,42-57H2,1-3H3,(H,67,68)/b10-7-,12-9-,19-16-,21-18-,28-25-,30-26-,31-27-,41-38-. The second-order valence-electron chi connectivity index (χ2n) is 19.0. The smallest absolute Gasteiger partial charge is 0.462 e. The number of hydrogen-bond acceptors (Lipinski definition) is 10. The van der Waals surface area contributed by atoms with E-state index in [1.165, 1.54) is 51.4 Å². The highest BCUT2D eigenvalue weighted by atomic mass is 31.2. The Morgan fingerprint density at radius 2 is 0.703 bits per heavy atom. The monoisotopic (exact) mass is 1060 g/mol. The molecule has 0 aliphatic carbocycles. The Hall–Kier alpha value is -3.60. The van der Waals surface area contributed by atoms with Crippen molar-refractivity contribution < 1.29 is 52.2 Å². The maximum Gasteiger partial charge on any atom is 0.472 e. The van der Waals surface area contributed by atoms with Gasteiger partial charge in [-0.2, -0.15) is 0 Å². The molecular weight excluding hydrogens is 952 g/mol. The minimum absolute atomic E-state index is 0.109. The first-order valence-electron chi connectivity index (χ1n) is 29.1. The minimum Gasteiger partial charge on any atom is -0.462 e. The van der Waals surface area contributed by atoms with Crippen LogP contribution in [-0.2, 0) is 42.2 Å². The van der Waals surface area contributed by atoms with E-state index in [4.69, 9.17) is 23.3 Å². The average Bonchev–Trinajstić information content (AvgIpc) is 3.39. The number of carbonyl (C=O) groups is 3. The fourth-order valence-electron chi connectivity index (χ4n) is 7.59. The van der Waals surface area contributed by atoms with Crippen LogP contribution in [-0.4, -0.2) is 66.5 Å². The Morgan fingerprint density at radius 1 is 0.392 bits per heavy atom. The summed E-state index contributed by atoms with van der Waals surface area (Å²) in [4.78, 5) is 48.5. The lowest BCUT2D eigenvalue weighted by Gasteiger charge is -2.21. The van der Waals surface area contributed by atoms with Crippen LogP contribution in [0.2, 0.25) is 0 Å². The van der Waals surface area contributed by atoms with Crippen LogP contribution in [0.4, 0.5) is 0 Å². The molecule has 12 heteroatoms. The van der Waals surface area contributed by atoms with Crippen LogP contribution >= 0.6 is 7.82 Å². The van der Waals surface area contributed by atoms with Crippen LogP contribution in [0.15, 0.2) is 97.2 Å². The Balaban J connectivity index is 4.79. The molecule has 0 heterocycles. The number of phosphoric acid groups is 1. The lowest BCUT2D eigenvalue weighted by molar-refractivity contribution is -0.161. The van der Waals surface area contributed by atoms with Gasteiger partial charge in [0.05, 0.1) is 19.8 Å². The Labute approximate surface area is 451 Å². The van der Waals surface area contributed by atoms with Crippen molar-refractivity contribution in [2.24, 2.45) is 0 Å². The molecule has 3 atom stereocenters. The first-order chi connectivity index (χ1) is 36.2. The van der Waals surface area contributed by atoms with Gasteiger partial charge < -0.3 is 24.2 Å². The van der Waals surface area contributed by atoms with Gasteiger partial charge in [-0.25, -0.2) is 4.57 Å². The van der Waals surface area contributed by atoms with Crippen molar-refractivity contribution >= 4 is 25.7 Å². The van der Waals surface area contributed by atoms with Crippen LogP contribution in [0, 0.1) is 0 Å². The highest BCUT2D eigenvalue weighted by Crippen LogP contribution is 2.43. The molecule has 11 nitrogen and oxygen atoms in total. The zero-order chi connectivity index (χ0) is 54.1. The third-order valence-corrected chi connectivity index (χ3v) is 12.9. The zero-order valence-corrected chi connectivity index (χ0v) is 47.7. The van der Waals surface area contributed by atoms with E-state index in [-0.39, 0.29) is 25.9 Å². The van der Waals surface area contributed by atoms with E-state index in [2.05, 4.69) is 118 Å². The van der Waals surface area contributed by atoms with Crippen LogP contribution in [0.1, 0.15) is 239 Å². The van der Waals surface area contributed by atoms with Crippen molar-refractivity contribution in [1.82, 2.24) is 0 Å². The normalized spacial score (nSPS) is 14.1. The highest BCUT2D eigenvalue weighted by Gasteiger charge is 2.28. The largest absolute Gasteiger partial charge is 0.472 e. The number of hydrogen-bond donors (Lipinski definition) is 2. The summed E-state index contributed by atoms with van der Waals surface area (Å²) in [7, 11) is -4.77. The second kappa shape index (κ2) is 55.6. The van der Waals surface area contributed by atoms with Crippen molar-refractivity contribution in [3.05, 3.63) is 97.2 Å². The number of aliphatic hydroxyl groups excluding tert-OH is 1. The molecule has 0 spiro atoms. The summed E-state index contributed by atoms with van der Waals surface area (Å²) in [5.41, 5.74) is 0. The second-order valence-corrected chi connectivity index (χ2v) is 20.5. The van der Waals surface area contributed by atoms with Gasteiger partial charge in [0, 0.05) is 19.3 Å². The molecular formula is C62H105O11P. The number of carbonyl (C=O) groups excluding carboxylic acids is 3. The summed E-state index contributed by atoms with van der Waals surface area (Å²) in [6.45, 7) is 4.35. The molecule has 0 fully saturated rings. The van der Waals surface area contributed by atoms with E-state index in [1.54, 1.807) is 0 Å². The Kier molecular flexibility index (Phi) is 52.9. The summed E-state index contributed by atoms with van der Waals surface area (Å²) in [5, 5.41) is 9.82. The van der Waals surface area contributed by atoms with Gasteiger partial charge in [0.25, 0.3) is 0 Å². The summed E-state index contributed by atoms with van der Waals surface area (Å²) in [5.74, 6) is -1.54. The third-order valence-electron chi connectivity index (χ3n) is 12.0. The highest BCUT2D eigenvalue weighted by molar-refractivity contribution is 7.47. The van der Waals surface area contributed by atoms with Crippen LogP contribution < -0.4 is 0 Å². The van der Waals surface area contributed by atoms with Crippen molar-refractivity contribution in [1.29, 1.82) is 0 Å². The first-order valence-corrected chi connectivity index (χ1v) is 30.6. The van der Waals surface area contributed by atoms with E-state index < -0.39 is 57.8 Å². The predicted molar refractivity (Wildman–Crippen MR) is 307 cm³/mol. The number of unbranched alkanes of at least 4 members (excludes halogenated alkanes) is 20. The molecule has 0 amide bonds. The number of ether oxygens (including phenoxy) is 3. The third kappa shape index (κ3) is 53.2. The molecule has 0 aromatic carbocycles. The molecule has 0 aliphatic rings. The maximum atomic E-state index is 12.9. The van der Waals surface area contributed by atoms with E-state index in [0.717, 1.165) is 128 Å². The molecule has 0 aliphatic heterocycles. The predicted octanol–water partition coefficient (Wildman–Crippen LogP) is 17.3. The zero-order valence-electron chi connectivity index (χ0n) is 46.8. The molecule has 0 radical (unpaired) electrons. The van der Waals surface area contributed by atoms with Gasteiger partial charge in [-0.05, 0) is 116 Å². The Morgan fingerprint density at radius 3 is 1.12 bits per heavy atom. The first kappa shape index (κ1) is 70.4. The van der Waals surface area contributed by atoms with Gasteiger partial charge in [0.15, 0.2) is 6.10 Å². The fourth-order valence-corrected chi connectivity index (χ4v) is 8.37. The molecule has 0 saturated carbocycles. The van der Waals surface area contributed by atoms with Crippen molar-refractivity contribution in [2.45, 2.75) is 251 Å². The van der Waals surface area contributed by atoms with Crippen LogP contribution in [0.5, 0.6) is 0 Å². The summed E-state index contributed by atoms with van der Waals surface area (Å²) in [6.07, 6.45) is 65.1. The molecule has 0 aromatic heterocycles. The lowest BCUT2D eigenvalue weighted by atomic mass is 10.1. The van der Waals surface area contributed by atoms with Crippen molar-refractivity contribution in [2.75, 3.05) is 26.4 Å². The van der Waals surface area contributed by atoms with Gasteiger partial charge in [0.2, 0.25) is 0 Å². The number of esters is 3. The van der Waals surface area contributed by atoms with E-state index in [9.17, 15) is 28.9 Å². The van der Waals surface area contributed by atoms with Gasteiger partial charge in [0.1, 0.15) is 12.7 Å². The fraction of sp³-hybridized carbons (Fsp3) is 0.694.